The molecule has 0 radical (unpaired) electrons. The fourth-order valence-electron chi connectivity index (χ4n) is 4.26. The molecule has 1 fully saturated rings. The summed E-state index contributed by atoms with van der Waals surface area (Å²) in [4.78, 5) is 22.5. The summed E-state index contributed by atoms with van der Waals surface area (Å²) >= 11 is 1.78. The van der Waals surface area contributed by atoms with E-state index in [0.717, 1.165) is 49.8 Å². The minimum Gasteiger partial charge on any atom is -0.457 e. The highest BCUT2D eigenvalue weighted by Gasteiger charge is 2.20. The van der Waals surface area contributed by atoms with Crippen LogP contribution in [-0.2, 0) is 6.42 Å². The summed E-state index contributed by atoms with van der Waals surface area (Å²) in [5, 5.41) is 4.17. The molecule has 3 aromatic carbocycles. The quantitative estimate of drug-likeness (QED) is 0.371. The van der Waals surface area contributed by atoms with Crippen molar-refractivity contribution in [3.63, 3.8) is 0 Å². The van der Waals surface area contributed by atoms with Crippen LogP contribution in [0.4, 0.5) is 5.13 Å². The second kappa shape index (κ2) is 10.9. The van der Waals surface area contributed by atoms with Gasteiger partial charge in [0.25, 0.3) is 5.91 Å². The second-order valence-electron chi connectivity index (χ2n) is 8.65. The zero-order valence-electron chi connectivity index (χ0n) is 19.9. The van der Waals surface area contributed by atoms with Crippen LogP contribution in [0.5, 0.6) is 11.5 Å². The van der Waals surface area contributed by atoms with E-state index in [4.69, 9.17) is 9.72 Å². The van der Waals surface area contributed by atoms with E-state index in [1.54, 1.807) is 17.4 Å². The molecule has 5 rings (SSSR count). The first-order valence-corrected chi connectivity index (χ1v) is 13.0. The summed E-state index contributed by atoms with van der Waals surface area (Å²) < 4.78 is 7.20. The van der Waals surface area contributed by atoms with E-state index >= 15 is 0 Å². The topological polar surface area (TPSA) is 57.7 Å². The zero-order valence-corrected chi connectivity index (χ0v) is 20.8. The lowest BCUT2D eigenvalue weighted by Gasteiger charge is -2.34. The third kappa shape index (κ3) is 5.63. The van der Waals surface area contributed by atoms with Gasteiger partial charge in [-0.15, -0.1) is 0 Å². The van der Waals surface area contributed by atoms with E-state index in [2.05, 4.69) is 40.2 Å². The van der Waals surface area contributed by atoms with Gasteiger partial charge in [0.05, 0.1) is 15.8 Å². The average Bonchev–Trinajstić information content (AvgIpc) is 3.33. The van der Waals surface area contributed by atoms with Crippen molar-refractivity contribution in [3.05, 3.63) is 83.9 Å². The molecule has 1 N–H and O–H groups in total. The van der Waals surface area contributed by atoms with E-state index in [-0.39, 0.29) is 5.91 Å². The van der Waals surface area contributed by atoms with Crippen molar-refractivity contribution in [2.24, 2.45) is 0 Å². The molecule has 0 saturated carbocycles. The zero-order chi connectivity index (χ0) is 24.0. The Morgan fingerprint density at radius 2 is 1.77 bits per heavy atom. The number of hydrogen-bond acceptors (Lipinski definition) is 6. The first-order valence-electron chi connectivity index (χ1n) is 12.2. The molecule has 2 heterocycles. The molecule has 6 nitrogen and oxygen atoms in total. The van der Waals surface area contributed by atoms with E-state index in [1.165, 1.54) is 10.3 Å². The lowest BCUT2D eigenvalue weighted by molar-refractivity contribution is 0.0945. The molecule has 1 aliphatic heterocycles. The van der Waals surface area contributed by atoms with Crippen LogP contribution >= 0.6 is 11.3 Å². The second-order valence-corrected chi connectivity index (χ2v) is 9.66. The Balaban J connectivity index is 1.11. The Morgan fingerprint density at radius 1 is 1.00 bits per heavy atom. The van der Waals surface area contributed by atoms with E-state index in [1.807, 2.05) is 48.5 Å². The average molecular weight is 487 g/mol. The monoisotopic (exact) mass is 486 g/mol. The van der Waals surface area contributed by atoms with Gasteiger partial charge in [-0.3, -0.25) is 9.69 Å². The Morgan fingerprint density at radius 3 is 2.57 bits per heavy atom. The molecule has 1 aliphatic rings. The maximum Gasteiger partial charge on any atom is 0.255 e. The molecule has 0 atom stereocenters. The Bertz CT molecular complexity index is 1280. The highest BCUT2D eigenvalue weighted by molar-refractivity contribution is 7.22. The number of piperazine rings is 1. The number of carbonyl (C=O) groups excluding carboxylic acids is 1. The van der Waals surface area contributed by atoms with Crippen LogP contribution in [0.15, 0.2) is 72.8 Å². The molecule has 180 valence electrons. The third-order valence-electron chi connectivity index (χ3n) is 6.31. The Labute approximate surface area is 210 Å². The number of aryl methyl sites for hydroxylation is 1. The van der Waals surface area contributed by atoms with Crippen molar-refractivity contribution in [2.45, 2.75) is 13.3 Å². The molecule has 1 aromatic heterocycles. The Hall–Kier alpha value is -3.42. The molecule has 0 bridgehead atoms. The van der Waals surface area contributed by atoms with Gasteiger partial charge in [-0.25, -0.2) is 4.98 Å². The number of nitrogens with one attached hydrogen (secondary N) is 1. The first kappa shape index (κ1) is 23.3. The summed E-state index contributed by atoms with van der Waals surface area (Å²) in [5.74, 6) is 1.16. The van der Waals surface area contributed by atoms with Crippen molar-refractivity contribution in [2.75, 3.05) is 44.2 Å². The molecule has 0 unspecified atom stereocenters. The van der Waals surface area contributed by atoms with Gasteiger partial charge in [0.2, 0.25) is 0 Å². The van der Waals surface area contributed by atoms with Crippen LogP contribution in [0.2, 0.25) is 0 Å². The Kier molecular flexibility index (Phi) is 7.25. The van der Waals surface area contributed by atoms with Crippen molar-refractivity contribution >= 4 is 32.6 Å². The highest BCUT2D eigenvalue weighted by atomic mass is 32.1. The number of carbonyl (C=O) groups is 1. The summed E-state index contributed by atoms with van der Waals surface area (Å²) in [6.45, 7) is 7.41. The maximum atomic E-state index is 12.8. The van der Waals surface area contributed by atoms with Crippen molar-refractivity contribution < 1.29 is 9.53 Å². The highest BCUT2D eigenvalue weighted by Crippen LogP contribution is 2.30. The first-order chi connectivity index (χ1) is 17.2. The molecule has 4 aromatic rings. The number of aromatic nitrogens is 1. The fraction of sp³-hybridized carbons (Fsp3) is 0.286. The molecule has 1 saturated heterocycles. The largest absolute Gasteiger partial charge is 0.457 e. The smallest absolute Gasteiger partial charge is 0.255 e. The van der Waals surface area contributed by atoms with Crippen molar-refractivity contribution in [1.82, 2.24) is 15.2 Å². The molecular weight excluding hydrogens is 456 g/mol. The third-order valence-corrected chi connectivity index (χ3v) is 7.39. The summed E-state index contributed by atoms with van der Waals surface area (Å²) in [6.07, 6.45) is 1.05. The molecule has 1 amide bonds. The number of benzene rings is 3. The SMILES string of the molecule is CCc1ccc2nc(N3CCN(CCNC(=O)c4ccccc4Oc4ccccc4)CC3)sc2c1. The van der Waals surface area contributed by atoms with Gasteiger partial charge < -0.3 is 15.0 Å². The lowest BCUT2D eigenvalue weighted by Crippen LogP contribution is -2.48. The van der Waals surface area contributed by atoms with Crippen LogP contribution in [0, 0.1) is 0 Å². The standard InChI is InChI=1S/C28H30N4O2S/c1-2-21-12-13-24-26(20-21)35-28(30-24)32-18-16-31(17-19-32)15-14-29-27(33)23-10-6-7-11-25(23)34-22-8-4-3-5-9-22/h3-13,20H,2,14-19H2,1H3,(H,29,33). The van der Waals surface area contributed by atoms with Gasteiger partial charge in [0.1, 0.15) is 11.5 Å². The van der Waals surface area contributed by atoms with Crippen LogP contribution < -0.4 is 15.0 Å². The normalized spacial score (nSPS) is 14.3. The summed E-state index contributed by atoms with van der Waals surface area (Å²) in [7, 11) is 0. The van der Waals surface area contributed by atoms with Crippen LogP contribution in [0.1, 0.15) is 22.8 Å². The molecule has 0 spiro atoms. The van der Waals surface area contributed by atoms with Crippen molar-refractivity contribution in [1.29, 1.82) is 0 Å². The number of thiazole rings is 1. The fourth-order valence-corrected chi connectivity index (χ4v) is 5.34. The van der Waals surface area contributed by atoms with Gasteiger partial charge in [-0.1, -0.05) is 54.7 Å². The summed E-state index contributed by atoms with van der Waals surface area (Å²) in [5.41, 5.74) is 2.99. The van der Waals surface area contributed by atoms with Gasteiger partial charge in [0.15, 0.2) is 5.13 Å². The minimum atomic E-state index is -0.115. The van der Waals surface area contributed by atoms with Gasteiger partial charge in [-0.2, -0.15) is 0 Å². The predicted molar refractivity (Wildman–Crippen MR) is 143 cm³/mol. The maximum absolute atomic E-state index is 12.8. The number of nitrogens with zero attached hydrogens (tertiary/aromatic N) is 3. The number of fused-ring (bicyclic) bond motifs is 1. The van der Waals surface area contributed by atoms with Gasteiger partial charge in [0, 0.05) is 39.3 Å². The number of amides is 1. The number of anilines is 1. The van der Waals surface area contributed by atoms with E-state index in [0.29, 0.717) is 23.6 Å². The van der Waals surface area contributed by atoms with Crippen LogP contribution in [-0.4, -0.2) is 55.1 Å². The number of ether oxygens (including phenoxy) is 1. The predicted octanol–water partition coefficient (Wildman–Crippen LogP) is 5.20. The van der Waals surface area contributed by atoms with E-state index in [9.17, 15) is 4.79 Å². The minimum absolute atomic E-state index is 0.115. The van der Waals surface area contributed by atoms with Gasteiger partial charge in [-0.05, 0) is 48.4 Å². The molecule has 35 heavy (non-hydrogen) atoms. The number of hydrogen-bond donors (Lipinski definition) is 1. The number of rotatable bonds is 8. The van der Waals surface area contributed by atoms with E-state index < -0.39 is 0 Å². The summed E-state index contributed by atoms with van der Waals surface area (Å²) in [6, 6.07) is 23.5. The number of para-hydroxylation sites is 2. The molecule has 0 aliphatic carbocycles. The van der Waals surface area contributed by atoms with Crippen LogP contribution in [0.25, 0.3) is 10.2 Å². The lowest BCUT2D eigenvalue weighted by atomic mass is 10.2. The molecule has 7 heteroatoms. The molecular formula is C28H30N4O2S. The van der Waals surface area contributed by atoms with Gasteiger partial charge >= 0.3 is 0 Å². The van der Waals surface area contributed by atoms with Crippen molar-refractivity contribution in [3.8, 4) is 11.5 Å². The van der Waals surface area contributed by atoms with Crippen LogP contribution in [0.3, 0.4) is 0 Å².